The number of anilines is 2. The number of likely N-dealkylation sites (tertiary alicyclic amines) is 2. The standard InChI is InChI=1S/C68H72N12O9/c1-65(2,3)89-64(88)76-33-41-28-67(29-41,38-76)63(87)75-20-16-45(17-21-75)77-34-39(31-70-77)24-43-9-11-52-58-48(43)26-44(27-49(58)62(86)80(52)54-13-15-56(82)73-60(54)84)50-30-66(50,4)37-74-22-18-68(36-69,19-23-74)78-35-40(32-71-78)25-42-8-10-51-57-46(42)6-5-7-47(57)61(85)79(51)53-12-14-55(81)72-59(53)83/h5-11,26-27,31-32,34-35,41,45,50,53-54H,12-25,28-30,33,37-38H2,1-4H3,(H,72,81,83)(H,73,82,84). The predicted octanol–water partition coefficient (Wildman–Crippen LogP) is 7.42. The third-order valence-corrected chi connectivity index (χ3v) is 21.1. The SMILES string of the molecule is CC(C)(C)OC(=O)N1CC2CC(C(=O)N3CCC(n4cc(Cc5ccc6c7c(cc(C8CC8(C)CN8CCC(C#N)(n9cc(Cc%10ccc%11c%12c(cccc%10%12)C(=O)N%11C%10CCC(=O)NC%10=O)cn9)CC8)cc57)C(=O)N6C5CCC(=O)NC5=O)cn4)CC3)(C2)C1. The van der Waals surface area contributed by atoms with Crippen LogP contribution in [0, 0.1) is 28.1 Å². The first-order valence-electron chi connectivity index (χ1n) is 31.6. The number of carbonyl (C=O) groups excluding carboxylic acids is 8. The van der Waals surface area contributed by atoms with E-state index in [2.05, 4.69) is 46.9 Å². The summed E-state index contributed by atoms with van der Waals surface area (Å²) in [6.45, 7) is 12.3. The number of ether oxygens (including phenoxy) is 1. The van der Waals surface area contributed by atoms with Crippen LogP contribution in [0.5, 0.6) is 0 Å². The van der Waals surface area contributed by atoms with Crippen LogP contribution >= 0.6 is 0 Å². The molecule has 4 aromatic carbocycles. The Labute approximate surface area is 514 Å². The average molecular weight is 1200 g/mol. The van der Waals surface area contributed by atoms with E-state index < -0.39 is 40.5 Å². The molecule has 6 saturated heterocycles. The van der Waals surface area contributed by atoms with Gasteiger partial charge in [0.25, 0.3) is 11.8 Å². The van der Waals surface area contributed by atoms with Crippen LogP contribution in [0.3, 0.4) is 0 Å². The maximum Gasteiger partial charge on any atom is 0.410 e. The molecule has 8 fully saturated rings. The summed E-state index contributed by atoms with van der Waals surface area (Å²) in [5, 5.41) is 28.9. The summed E-state index contributed by atoms with van der Waals surface area (Å²) in [7, 11) is 0. The number of nitriles is 1. The highest BCUT2D eigenvalue weighted by Gasteiger charge is 2.58. The van der Waals surface area contributed by atoms with Gasteiger partial charge in [0.1, 0.15) is 17.7 Å². The summed E-state index contributed by atoms with van der Waals surface area (Å²) in [6.07, 6.45) is 14.5. The highest BCUT2D eigenvalue weighted by atomic mass is 16.6. The van der Waals surface area contributed by atoms with Crippen LogP contribution in [0.15, 0.2) is 79.4 Å². The molecule has 458 valence electrons. The summed E-state index contributed by atoms with van der Waals surface area (Å²) in [5.74, 6) is -1.53. The zero-order valence-corrected chi connectivity index (χ0v) is 50.7. The number of nitrogens with one attached hydrogen (secondary N) is 2. The van der Waals surface area contributed by atoms with Crippen LogP contribution < -0.4 is 20.4 Å². The van der Waals surface area contributed by atoms with E-state index in [9.17, 15) is 43.6 Å². The van der Waals surface area contributed by atoms with Crippen molar-refractivity contribution in [3.05, 3.63) is 118 Å². The van der Waals surface area contributed by atoms with Crippen LogP contribution in [0.2, 0.25) is 0 Å². The first kappa shape index (κ1) is 56.7. The molecule has 4 atom stereocenters. The Bertz CT molecular complexity index is 4110. The molecular weight excluding hydrogens is 1130 g/mol. The van der Waals surface area contributed by atoms with Crippen LogP contribution in [0.25, 0.3) is 21.5 Å². The van der Waals surface area contributed by atoms with Crippen molar-refractivity contribution in [1.82, 2.24) is 44.9 Å². The first-order valence-corrected chi connectivity index (χ1v) is 31.6. The number of amides is 8. The zero-order chi connectivity index (χ0) is 61.6. The molecule has 2 bridgehead atoms. The Morgan fingerprint density at radius 2 is 1.34 bits per heavy atom. The van der Waals surface area contributed by atoms with Crippen LogP contribution in [0.4, 0.5) is 16.2 Å². The summed E-state index contributed by atoms with van der Waals surface area (Å²) in [6, 6.07) is 18.9. The number of aromatic nitrogens is 4. The van der Waals surface area contributed by atoms with Crippen molar-refractivity contribution in [2.45, 2.75) is 146 Å². The van der Waals surface area contributed by atoms with Gasteiger partial charge in [-0.25, -0.2) is 4.79 Å². The average Bonchev–Trinajstić information content (AvgIpc) is 1.68. The second-order valence-electron chi connectivity index (χ2n) is 28.2. The Morgan fingerprint density at radius 3 is 1.98 bits per heavy atom. The quantitative estimate of drug-likeness (QED) is 0.113. The number of piperidine rings is 6. The van der Waals surface area contributed by atoms with Crippen molar-refractivity contribution in [3.8, 4) is 6.07 Å². The van der Waals surface area contributed by atoms with Crippen molar-refractivity contribution in [3.63, 3.8) is 0 Å². The van der Waals surface area contributed by atoms with Crippen LogP contribution in [0.1, 0.15) is 159 Å². The molecule has 16 rings (SSSR count). The summed E-state index contributed by atoms with van der Waals surface area (Å²) in [4.78, 5) is 116. The van der Waals surface area contributed by atoms with Crippen molar-refractivity contribution < 1.29 is 43.1 Å². The topological polar surface area (TPSA) is 245 Å². The van der Waals surface area contributed by atoms with Gasteiger partial charge in [0, 0.05) is 100 Å². The smallest absolute Gasteiger partial charge is 0.410 e. The Balaban J connectivity index is 0.624. The van der Waals surface area contributed by atoms with E-state index in [0.717, 1.165) is 88.0 Å². The number of rotatable bonds is 12. The van der Waals surface area contributed by atoms with Gasteiger partial charge in [0.15, 0.2) is 5.54 Å². The van der Waals surface area contributed by atoms with Crippen LogP contribution in [-0.2, 0) is 47.1 Å². The zero-order valence-electron chi connectivity index (χ0n) is 50.7. The third-order valence-electron chi connectivity index (χ3n) is 21.1. The normalized spacial score (nSPS) is 26.6. The maximum atomic E-state index is 14.8. The fourth-order valence-corrected chi connectivity index (χ4v) is 16.5. The fraction of sp³-hybridized carbons (Fsp3) is 0.485. The predicted molar refractivity (Wildman–Crippen MR) is 326 cm³/mol. The number of fused-ring (bicyclic) bond motifs is 2. The Morgan fingerprint density at radius 1 is 0.719 bits per heavy atom. The van der Waals surface area contributed by atoms with Gasteiger partial charge >= 0.3 is 6.09 Å². The fourth-order valence-electron chi connectivity index (χ4n) is 16.5. The lowest BCUT2D eigenvalue weighted by atomic mass is 9.58. The van der Waals surface area contributed by atoms with Gasteiger partial charge in [0.2, 0.25) is 29.5 Å². The summed E-state index contributed by atoms with van der Waals surface area (Å²) < 4.78 is 9.55. The number of imide groups is 2. The molecule has 8 aliphatic heterocycles. The molecule has 6 aromatic rings. The minimum absolute atomic E-state index is 0.106. The van der Waals surface area contributed by atoms with E-state index in [-0.39, 0.29) is 78.7 Å². The summed E-state index contributed by atoms with van der Waals surface area (Å²) in [5.41, 5.74) is 5.31. The number of hydrogen-bond acceptors (Lipinski definition) is 13. The third kappa shape index (κ3) is 9.57. The number of nitrogens with zero attached hydrogens (tertiary/aromatic N) is 10. The van der Waals surface area contributed by atoms with E-state index in [1.165, 1.54) is 4.90 Å². The first-order chi connectivity index (χ1) is 42.7. The van der Waals surface area contributed by atoms with Gasteiger partial charge < -0.3 is 19.4 Å². The van der Waals surface area contributed by atoms with Gasteiger partial charge in [-0.15, -0.1) is 0 Å². The number of hydrogen-bond donors (Lipinski definition) is 2. The highest BCUT2D eigenvalue weighted by molar-refractivity contribution is 6.29. The molecular formula is C68H72N12O9. The molecule has 2 N–H and O–H groups in total. The van der Waals surface area contributed by atoms with Gasteiger partial charge in [-0.2, -0.15) is 15.5 Å². The van der Waals surface area contributed by atoms with Gasteiger partial charge in [0.05, 0.1) is 46.9 Å². The summed E-state index contributed by atoms with van der Waals surface area (Å²) >= 11 is 0. The van der Waals surface area contributed by atoms with Gasteiger partial charge in [-0.05, 0) is 159 Å². The largest absolute Gasteiger partial charge is 0.444 e. The van der Waals surface area contributed by atoms with Crippen LogP contribution in [-0.4, -0.2) is 145 Å². The monoisotopic (exact) mass is 1200 g/mol. The lowest BCUT2D eigenvalue weighted by molar-refractivity contribution is -0.161. The molecule has 2 aliphatic carbocycles. The molecule has 2 saturated carbocycles. The molecule has 4 unspecified atom stereocenters. The highest BCUT2D eigenvalue weighted by Crippen LogP contribution is 2.61. The molecule has 10 heterocycles. The second-order valence-corrected chi connectivity index (χ2v) is 28.2. The minimum atomic E-state index is -0.847. The van der Waals surface area contributed by atoms with E-state index >= 15 is 0 Å². The van der Waals surface area contributed by atoms with Crippen molar-refractivity contribution in [2.24, 2.45) is 16.7 Å². The van der Waals surface area contributed by atoms with Crippen molar-refractivity contribution in [2.75, 3.05) is 55.6 Å². The second kappa shape index (κ2) is 20.7. The van der Waals surface area contributed by atoms with E-state index in [4.69, 9.17) is 14.9 Å². The Kier molecular flexibility index (Phi) is 13.2. The van der Waals surface area contributed by atoms with E-state index in [0.29, 0.717) is 93.4 Å². The number of benzene rings is 4. The Hall–Kier alpha value is -8.77. The lowest BCUT2D eigenvalue weighted by Crippen LogP contribution is -2.64. The molecule has 2 aromatic heterocycles. The molecule has 8 amide bonds. The van der Waals surface area contributed by atoms with Gasteiger partial charge in [-0.3, -0.25) is 63.4 Å². The maximum absolute atomic E-state index is 14.8. The van der Waals surface area contributed by atoms with Crippen molar-refractivity contribution >= 4 is 80.4 Å². The molecule has 21 nitrogen and oxygen atoms in total. The molecule has 0 radical (unpaired) electrons. The number of carbonyl (C=O) groups is 8. The molecule has 0 spiro atoms. The van der Waals surface area contributed by atoms with E-state index in [1.807, 2.05) is 90.0 Å². The lowest BCUT2D eigenvalue weighted by Gasteiger charge is -2.56. The van der Waals surface area contributed by atoms with E-state index in [1.54, 1.807) is 15.9 Å². The molecule has 10 aliphatic rings. The van der Waals surface area contributed by atoms with Crippen molar-refractivity contribution in [1.29, 1.82) is 5.26 Å². The minimum Gasteiger partial charge on any atom is -0.444 e. The molecule has 89 heavy (non-hydrogen) atoms. The van der Waals surface area contributed by atoms with Gasteiger partial charge in [-0.1, -0.05) is 37.3 Å². The molecule has 21 heteroatoms.